The lowest BCUT2D eigenvalue weighted by atomic mass is 10.0. The van der Waals surface area contributed by atoms with Gasteiger partial charge in [-0.25, -0.2) is 9.59 Å². The summed E-state index contributed by atoms with van der Waals surface area (Å²) in [6.45, 7) is 3.97. The molecular formula is C8H10O3. The maximum atomic E-state index is 10.8. The molecule has 3 nitrogen and oxygen atoms in total. The fraction of sp³-hybridized carbons (Fsp3) is 0.500. The van der Waals surface area contributed by atoms with Gasteiger partial charge in [0.2, 0.25) is 0 Å². The van der Waals surface area contributed by atoms with Crippen LogP contribution >= 0.6 is 0 Å². The van der Waals surface area contributed by atoms with Crippen molar-refractivity contribution in [2.75, 3.05) is 0 Å². The molecule has 0 unspecified atom stereocenters. The molecule has 0 saturated carbocycles. The summed E-state index contributed by atoms with van der Waals surface area (Å²) in [5, 5.41) is 0. The zero-order valence-corrected chi connectivity index (χ0v) is 6.59. The first-order valence-electron chi connectivity index (χ1n) is 3.56. The van der Waals surface area contributed by atoms with E-state index in [2.05, 4.69) is 4.74 Å². The summed E-state index contributed by atoms with van der Waals surface area (Å²) in [5.41, 5.74) is 0.491. The summed E-state index contributed by atoms with van der Waals surface area (Å²) in [4.78, 5) is 21.3. The molecule has 0 aliphatic carbocycles. The van der Waals surface area contributed by atoms with Crippen molar-refractivity contribution in [1.82, 2.24) is 0 Å². The molecule has 0 spiro atoms. The van der Waals surface area contributed by atoms with E-state index in [4.69, 9.17) is 0 Å². The van der Waals surface area contributed by atoms with Gasteiger partial charge < -0.3 is 4.74 Å². The van der Waals surface area contributed by atoms with Crippen LogP contribution in [0.3, 0.4) is 0 Å². The summed E-state index contributed by atoms with van der Waals surface area (Å²) >= 11 is 0. The van der Waals surface area contributed by atoms with Gasteiger partial charge in [-0.1, -0.05) is 13.8 Å². The van der Waals surface area contributed by atoms with Crippen LogP contribution in [0.5, 0.6) is 0 Å². The molecular weight excluding hydrogens is 144 g/mol. The van der Waals surface area contributed by atoms with Crippen LogP contribution in [0.15, 0.2) is 11.6 Å². The third kappa shape index (κ3) is 1.90. The van der Waals surface area contributed by atoms with Gasteiger partial charge in [0.05, 0.1) is 0 Å². The lowest BCUT2D eigenvalue weighted by Crippen LogP contribution is -2.03. The van der Waals surface area contributed by atoms with Gasteiger partial charge in [0.15, 0.2) is 0 Å². The summed E-state index contributed by atoms with van der Waals surface area (Å²) in [6, 6.07) is 0. The summed E-state index contributed by atoms with van der Waals surface area (Å²) in [7, 11) is 0. The van der Waals surface area contributed by atoms with Crippen molar-refractivity contribution in [3.63, 3.8) is 0 Å². The van der Waals surface area contributed by atoms with Crippen LogP contribution in [0.2, 0.25) is 0 Å². The number of esters is 2. The van der Waals surface area contributed by atoms with Crippen LogP contribution in [-0.4, -0.2) is 11.9 Å². The lowest BCUT2D eigenvalue weighted by Gasteiger charge is -2.00. The minimum atomic E-state index is -0.536. The number of cyclic esters (lactones) is 2. The molecule has 0 radical (unpaired) electrons. The molecule has 1 aliphatic rings. The number of hydrogen-bond acceptors (Lipinski definition) is 3. The van der Waals surface area contributed by atoms with E-state index in [1.54, 1.807) is 0 Å². The average Bonchev–Trinajstić information content (AvgIpc) is 2.09. The predicted octanol–water partition coefficient (Wildman–Crippen LogP) is 1.04. The first-order chi connectivity index (χ1) is 5.09. The normalized spacial score (nSPS) is 17.2. The molecule has 0 aromatic carbocycles. The van der Waals surface area contributed by atoms with E-state index < -0.39 is 11.9 Å². The molecule has 0 atom stereocenters. The maximum Gasteiger partial charge on any atom is 0.342 e. The number of rotatable bonds is 2. The predicted molar refractivity (Wildman–Crippen MR) is 38.6 cm³/mol. The smallest absolute Gasteiger partial charge is 0.342 e. The van der Waals surface area contributed by atoms with Crippen LogP contribution in [0.4, 0.5) is 0 Å². The third-order valence-electron chi connectivity index (χ3n) is 1.38. The Morgan fingerprint density at radius 2 is 2.09 bits per heavy atom. The standard InChI is InChI=1S/C8H10O3/c1-5(2)3-6-4-7(9)11-8(6)10/h4-5H,3H2,1-2H3. The number of ether oxygens (including phenoxy) is 1. The fourth-order valence-corrected chi connectivity index (χ4v) is 0.970. The zero-order chi connectivity index (χ0) is 8.43. The number of hydrogen-bond donors (Lipinski definition) is 0. The molecule has 1 aliphatic heterocycles. The van der Waals surface area contributed by atoms with Gasteiger partial charge in [0.1, 0.15) is 0 Å². The Kier molecular flexibility index (Phi) is 2.08. The van der Waals surface area contributed by atoms with Gasteiger partial charge in [-0.05, 0) is 12.3 Å². The Balaban J connectivity index is 2.64. The van der Waals surface area contributed by atoms with Crippen molar-refractivity contribution in [2.45, 2.75) is 20.3 Å². The fourth-order valence-electron chi connectivity index (χ4n) is 0.970. The van der Waals surface area contributed by atoms with Crippen molar-refractivity contribution in [1.29, 1.82) is 0 Å². The van der Waals surface area contributed by atoms with Crippen LogP contribution in [0, 0.1) is 5.92 Å². The van der Waals surface area contributed by atoms with Gasteiger partial charge in [-0.3, -0.25) is 0 Å². The summed E-state index contributed by atoms with van der Waals surface area (Å²) in [5.74, 6) is -0.644. The van der Waals surface area contributed by atoms with Crippen molar-refractivity contribution in [3.8, 4) is 0 Å². The van der Waals surface area contributed by atoms with E-state index in [1.165, 1.54) is 6.08 Å². The largest absolute Gasteiger partial charge is 0.386 e. The Bertz CT molecular complexity index is 225. The second-order valence-electron chi connectivity index (χ2n) is 2.98. The molecule has 0 bridgehead atoms. The van der Waals surface area contributed by atoms with E-state index in [-0.39, 0.29) is 0 Å². The highest BCUT2D eigenvalue weighted by atomic mass is 16.6. The topological polar surface area (TPSA) is 43.4 Å². The van der Waals surface area contributed by atoms with Crippen molar-refractivity contribution >= 4 is 11.9 Å². The van der Waals surface area contributed by atoms with E-state index in [0.717, 1.165) is 0 Å². The summed E-state index contributed by atoms with van der Waals surface area (Å²) in [6.07, 6.45) is 1.88. The van der Waals surface area contributed by atoms with Crippen LogP contribution in [0.1, 0.15) is 20.3 Å². The molecule has 1 heterocycles. The van der Waals surface area contributed by atoms with Gasteiger partial charge in [-0.15, -0.1) is 0 Å². The Hall–Kier alpha value is -1.12. The first-order valence-corrected chi connectivity index (χ1v) is 3.56. The first kappa shape index (κ1) is 7.98. The Morgan fingerprint density at radius 1 is 1.45 bits per heavy atom. The van der Waals surface area contributed by atoms with Crippen LogP contribution in [0.25, 0.3) is 0 Å². The SMILES string of the molecule is CC(C)CC1=CC(=O)OC1=O. The van der Waals surface area contributed by atoms with E-state index >= 15 is 0 Å². The molecule has 11 heavy (non-hydrogen) atoms. The second-order valence-corrected chi connectivity index (χ2v) is 2.98. The van der Waals surface area contributed by atoms with Gasteiger partial charge in [0.25, 0.3) is 0 Å². The van der Waals surface area contributed by atoms with Crippen LogP contribution < -0.4 is 0 Å². The molecule has 1 rings (SSSR count). The Morgan fingerprint density at radius 3 is 2.45 bits per heavy atom. The van der Waals surface area contributed by atoms with Gasteiger partial charge in [0, 0.05) is 11.6 Å². The quantitative estimate of drug-likeness (QED) is 0.441. The average molecular weight is 154 g/mol. The van der Waals surface area contributed by atoms with Crippen molar-refractivity contribution in [2.24, 2.45) is 5.92 Å². The van der Waals surface area contributed by atoms with Gasteiger partial charge in [-0.2, -0.15) is 0 Å². The van der Waals surface area contributed by atoms with E-state index in [0.29, 0.717) is 17.9 Å². The highest BCUT2D eigenvalue weighted by Crippen LogP contribution is 2.16. The van der Waals surface area contributed by atoms with E-state index in [1.807, 2.05) is 13.8 Å². The van der Waals surface area contributed by atoms with Gasteiger partial charge >= 0.3 is 11.9 Å². The lowest BCUT2D eigenvalue weighted by molar-refractivity contribution is -0.150. The molecule has 0 aromatic rings. The van der Waals surface area contributed by atoms with Crippen molar-refractivity contribution in [3.05, 3.63) is 11.6 Å². The molecule has 0 fully saturated rings. The number of carbonyl (C=O) groups is 2. The molecule has 3 heteroatoms. The molecule has 0 aromatic heterocycles. The highest BCUT2D eigenvalue weighted by molar-refractivity contribution is 6.08. The molecule has 0 amide bonds. The number of carbonyl (C=O) groups excluding carboxylic acids is 2. The highest BCUT2D eigenvalue weighted by Gasteiger charge is 2.23. The van der Waals surface area contributed by atoms with Crippen molar-refractivity contribution < 1.29 is 14.3 Å². The molecule has 0 saturated heterocycles. The summed E-state index contributed by atoms with van der Waals surface area (Å²) < 4.78 is 4.30. The van der Waals surface area contributed by atoms with E-state index in [9.17, 15) is 9.59 Å². The molecule has 60 valence electrons. The Labute approximate surface area is 65.0 Å². The second kappa shape index (κ2) is 2.86. The zero-order valence-electron chi connectivity index (χ0n) is 6.59. The maximum absolute atomic E-state index is 10.8. The molecule has 0 N–H and O–H groups in total. The minimum absolute atomic E-state index is 0.375. The third-order valence-corrected chi connectivity index (χ3v) is 1.38. The minimum Gasteiger partial charge on any atom is -0.386 e. The van der Waals surface area contributed by atoms with Crippen LogP contribution in [-0.2, 0) is 14.3 Å². The monoisotopic (exact) mass is 154 g/mol.